The van der Waals surface area contributed by atoms with Crippen molar-refractivity contribution in [1.29, 1.82) is 0 Å². The van der Waals surface area contributed by atoms with Crippen LogP contribution in [0, 0.1) is 0 Å². The number of amides is 1. The van der Waals surface area contributed by atoms with Gasteiger partial charge >= 0.3 is 0 Å². The van der Waals surface area contributed by atoms with E-state index in [1.807, 2.05) is 36.4 Å². The Bertz CT molecular complexity index is 555. The Morgan fingerprint density at radius 1 is 1.10 bits per heavy atom. The van der Waals surface area contributed by atoms with E-state index in [0.29, 0.717) is 5.75 Å². The number of hydrogen-bond acceptors (Lipinski definition) is 3. The molecule has 0 spiro atoms. The molecule has 1 amide bonds. The number of primary amides is 1. The van der Waals surface area contributed by atoms with Crippen molar-refractivity contribution >= 4 is 11.6 Å². The Labute approximate surface area is 118 Å². The molecular weight excluding hydrogens is 252 g/mol. The van der Waals surface area contributed by atoms with Crippen LogP contribution in [0.25, 0.3) is 0 Å². The van der Waals surface area contributed by atoms with E-state index in [0.717, 1.165) is 18.7 Å². The van der Waals surface area contributed by atoms with Crippen LogP contribution < -0.4 is 15.8 Å². The molecule has 2 rings (SSSR count). The van der Waals surface area contributed by atoms with Gasteiger partial charge in [-0.1, -0.05) is 36.4 Å². The summed E-state index contributed by atoms with van der Waals surface area (Å²) in [6.07, 6.45) is 0.952. The van der Waals surface area contributed by atoms with Crippen molar-refractivity contribution in [2.24, 2.45) is 5.73 Å². The average Bonchev–Trinajstić information content (AvgIpc) is 2.47. The minimum Gasteiger partial charge on any atom is -0.484 e. The molecule has 0 heterocycles. The minimum atomic E-state index is -0.479. The van der Waals surface area contributed by atoms with Gasteiger partial charge in [0.2, 0.25) is 0 Å². The second kappa shape index (κ2) is 7.19. The third-order valence-electron chi connectivity index (χ3n) is 2.80. The van der Waals surface area contributed by atoms with Crippen LogP contribution in [-0.2, 0) is 11.2 Å². The van der Waals surface area contributed by atoms with E-state index in [1.54, 1.807) is 6.07 Å². The number of nitrogens with two attached hydrogens (primary N) is 1. The molecule has 4 heteroatoms. The molecule has 0 aromatic heterocycles. The molecule has 2 aromatic carbocycles. The zero-order chi connectivity index (χ0) is 14.2. The first-order chi connectivity index (χ1) is 9.74. The summed E-state index contributed by atoms with van der Waals surface area (Å²) < 4.78 is 5.26. The van der Waals surface area contributed by atoms with E-state index in [-0.39, 0.29) is 6.61 Å². The molecule has 0 unspecified atom stereocenters. The van der Waals surface area contributed by atoms with Gasteiger partial charge in [0.1, 0.15) is 5.75 Å². The Hall–Kier alpha value is -2.49. The van der Waals surface area contributed by atoms with Crippen molar-refractivity contribution in [1.82, 2.24) is 0 Å². The highest BCUT2D eigenvalue weighted by molar-refractivity contribution is 5.75. The van der Waals surface area contributed by atoms with Crippen LogP contribution in [-0.4, -0.2) is 19.1 Å². The summed E-state index contributed by atoms with van der Waals surface area (Å²) in [6, 6.07) is 17.8. The molecule has 0 saturated carbocycles. The van der Waals surface area contributed by atoms with Gasteiger partial charge < -0.3 is 15.8 Å². The van der Waals surface area contributed by atoms with E-state index >= 15 is 0 Å². The molecule has 0 aliphatic heterocycles. The predicted molar refractivity (Wildman–Crippen MR) is 79.8 cm³/mol. The first kappa shape index (κ1) is 13.9. The largest absolute Gasteiger partial charge is 0.484 e. The van der Waals surface area contributed by atoms with Crippen molar-refractivity contribution < 1.29 is 9.53 Å². The number of hydrogen-bond donors (Lipinski definition) is 2. The molecule has 4 nitrogen and oxygen atoms in total. The van der Waals surface area contributed by atoms with Gasteiger partial charge in [-0.2, -0.15) is 0 Å². The maximum Gasteiger partial charge on any atom is 0.255 e. The zero-order valence-electron chi connectivity index (χ0n) is 11.2. The molecule has 0 radical (unpaired) electrons. The van der Waals surface area contributed by atoms with Crippen LogP contribution in [0.4, 0.5) is 5.69 Å². The maximum atomic E-state index is 10.7. The molecule has 20 heavy (non-hydrogen) atoms. The number of nitrogens with one attached hydrogen (secondary N) is 1. The van der Waals surface area contributed by atoms with Crippen molar-refractivity contribution in [2.75, 3.05) is 18.5 Å². The maximum absolute atomic E-state index is 10.7. The number of carbonyl (C=O) groups excluding carboxylic acids is 1. The fraction of sp³-hybridized carbons (Fsp3) is 0.188. The SMILES string of the molecule is NC(=O)COc1cccc(NCCc2ccccc2)c1. The summed E-state index contributed by atoms with van der Waals surface area (Å²) in [7, 11) is 0. The monoisotopic (exact) mass is 270 g/mol. The highest BCUT2D eigenvalue weighted by Crippen LogP contribution is 2.17. The Morgan fingerprint density at radius 3 is 2.65 bits per heavy atom. The quantitative estimate of drug-likeness (QED) is 0.810. The number of rotatable bonds is 7. The number of anilines is 1. The zero-order valence-corrected chi connectivity index (χ0v) is 11.2. The summed E-state index contributed by atoms with van der Waals surface area (Å²) >= 11 is 0. The van der Waals surface area contributed by atoms with E-state index in [9.17, 15) is 4.79 Å². The van der Waals surface area contributed by atoms with E-state index in [4.69, 9.17) is 10.5 Å². The topological polar surface area (TPSA) is 64.4 Å². The van der Waals surface area contributed by atoms with Gasteiger partial charge in [0.15, 0.2) is 6.61 Å². The van der Waals surface area contributed by atoms with E-state index < -0.39 is 5.91 Å². The first-order valence-corrected chi connectivity index (χ1v) is 6.53. The van der Waals surface area contributed by atoms with Crippen LogP contribution >= 0.6 is 0 Å². The second-order valence-electron chi connectivity index (χ2n) is 4.45. The number of benzene rings is 2. The van der Waals surface area contributed by atoms with Gasteiger partial charge in [0.25, 0.3) is 5.91 Å². The fourth-order valence-corrected chi connectivity index (χ4v) is 1.85. The molecule has 0 bridgehead atoms. The molecular formula is C16H18N2O2. The highest BCUT2D eigenvalue weighted by Gasteiger charge is 1.99. The van der Waals surface area contributed by atoms with Crippen molar-refractivity contribution in [2.45, 2.75) is 6.42 Å². The average molecular weight is 270 g/mol. The van der Waals surface area contributed by atoms with Gasteiger partial charge in [0.05, 0.1) is 0 Å². The van der Waals surface area contributed by atoms with Crippen LogP contribution in [0.3, 0.4) is 0 Å². The molecule has 0 aliphatic rings. The normalized spacial score (nSPS) is 10.0. The standard InChI is InChI=1S/C16H18N2O2/c17-16(19)12-20-15-8-4-7-14(11-15)18-10-9-13-5-2-1-3-6-13/h1-8,11,18H,9-10,12H2,(H2,17,19). The smallest absolute Gasteiger partial charge is 0.255 e. The molecule has 0 saturated heterocycles. The van der Waals surface area contributed by atoms with Gasteiger partial charge in [-0.15, -0.1) is 0 Å². The fourth-order valence-electron chi connectivity index (χ4n) is 1.85. The molecule has 3 N–H and O–H groups in total. The Balaban J connectivity index is 1.83. The molecule has 0 aliphatic carbocycles. The lowest BCUT2D eigenvalue weighted by Gasteiger charge is -2.09. The lowest BCUT2D eigenvalue weighted by atomic mass is 10.1. The lowest BCUT2D eigenvalue weighted by Crippen LogP contribution is -2.20. The number of ether oxygens (including phenoxy) is 1. The molecule has 0 fully saturated rings. The van der Waals surface area contributed by atoms with E-state index in [1.165, 1.54) is 5.56 Å². The van der Waals surface area contributed by atoms with Gasteiger partial charge in [-0.25, -0.2) is 0 Å². The van der Waals surface area contributed by atoms with Gasteiger partial charge in [-0.05, 0) is 24.1 Å². The van der Waals surface area contributed by atoms with Crippen molar-refractivity contribution in [3.05, 3.63) is 60.2 Å². The molecule has 0 atom stereocenters. The summed E-state index contributed by atoms with van der Waals surface area (Å²) in [5.41, 5.74) is 7.30. The van der Waals surface area contributed by atoms with Crippen molar-refractivity contribution in [3.8, 4) is 5.75 Å². The molecule has 2 aromatic rings. The Morgan fingerprint density at radius 2 is 1.90 bits per heavy atom. The van der Waals surface area contributed by atoms with E-state index in [2.05, 4.69) is 17.4 Å². The Kier molecular flexibility index (Phi) is 5.00. The number of carbonyl (C=O) groups is 1. The third kappa shape index (κ3) is 4.65. The van der Waals surface area contributed by atoms with Crippen LogP contribution in [0.2, 0.25) is 0 Å². The first-order valence-electron chi connectivity index (χ1n) is 6.53. The van der Waals surface area contributed by atoms with Crippen LogP contribution in [0.1, 0.15) is 5.56 Å². The van der Waals surface area contributed by atoms with Gasteiger partial charge in [-0.3, -0.25) is 4.79 Å². The summed E-state index contributed by atoms with van der Waals surface area (Å²) in [5.74, 6) is 0.154. The minimum absolute atomic E-state index is 0.104. The lowest BCUT2D eigenvalue weighted by molar-refractivity contribution is -0.119. The predicted octanol–water partition coefficient (Wildman–Crippen LogP) is 2.21. The van der Waals surface area contributed by atoms with Crippen molar-refractivity contribution in [3.63, 3.8) is 0 Å². The summed E-state index contributed by atoms with van der Waals surface area (Å²) in [4.78, 5) is 10.7. The summed E-state index contributed by atoms with van der Waals surface area (Å²) in [6.45, 7) is 0.733. The highest BCUT2D eigenvalue weighted by atomic mass is 16.5. The van der Waals surface area contributed by atoms with Crippen LogP contribution in [0.5, 0.6) is 5.75 Å². The third-order valence-corrected chi connectivity index (χ3v) is 2.80. The summed E-state index contributed by atoms with van der Waals surface area (Å²) in [5, 5.41) is 3.32. The molecule has 104 valence electrons. The van der Waals surface area contributed by atoms with Gasteiger partial charge in [0, 0.05) is 18.3 Å². The van der Waals surface area contributed by atoms with Crippen LogP contribution in [0.15, 0.2) is 54.6 Å². The second-order valence-corrected chi connectivity index (χ2v) is 4.45.